The third kappa shape index (κ3) is 5.53. The molecule has 0 amide bonds. The first-order valence-corrected chi connectivity index (χ1v) is 16.3. The average Bonchev–Trinajstić information content (AvgIpc) is 3.77. The van der Waals surface area contributed by atoms with Crippen LogP contribution >= 0.6 is 0 Å². The van der Waals surface area contributed by atoms with Crippen molar-refractivity contribution in [3.05, 3.63) is 158 Å². The number of fused-ring (bicyclic) bond motifs is 8. The second kappa shape index (κ2) is 13.3. The van der Waals surface area contributed by atoms with Gasteiger partial charge in [-0.25, -0.2) is 0 Å². The molecule has 0 saturated heterocycles. The molecule has 8 aromatic rings. The number of aromatic nitrogens is 2. The van der Waals surface area contributed by atoms with E-state index in [1.807, 2.05) is 66.2 Å². The summed E-state index contributed by atoms with van der Waals surface area (Å²) in [4.78, 5) is 9.01. The zero-order valence-electron chi connectivity index (χ0n) is 27.2. The number of para-hydroxylation sites is 1. The molecule has 5 heteroatoms. The van der Waals surface area contributed by atoms with Crippen LogP contribution in [0.25, 0.3) is 60.1 Å². The number of pyridine rings is 1. The van der Waals surface area contributed by atoms with E-state index in [-0.39, 0.29) is 20.1 Å². The van der Waals surface area contributed by atoms with Crippen molar-refractivity contribution >= 4 is 54.6 Å². The maximum Gasteiger partial charge on any atom is 3.00 e. The van der Waals surface area contributed by atoms with Gasteiger partial charge in [0.05, 0.1) is 11.3 Å². The SMILES string of the molecule is CCc1cccc(CC)c1-c1cnc2c3[c-]cccc3c3cc4cc5ccccc5cc4cc3n12.CN1C=CN(c2[c-]cccc2)[CH-]1.[Ir+3]. The third-order valence-electron chi connectivity index (χ3n) is 9.19. The minimum Gasteiger partial charge on any atom is -0.510 e. The normalized spacial score (nSPS) is 12.6. The van der Waals surface area contributed by atoms with Crippen molar-refractivity contribution in [3.8, 4) is 11.3 Å². The zero-order valence-corrected chi connectivity index (χ0v) is 29.6. The standard InChI is InChI=1S/C33H25N2.C10H10N2.Ir/c1-3-21-12-9-13-22(4-2)32(21)31-20-34-33-28-15-8-7-14-27(28)29-18-25-16-23-10-5-6-11-24(23)17-26(25)19-30(29)35(31)33;1-11-7-8-12(9-11)10-5-3-2-4-6-10;/h5-14,16-20H,3-4H2,1-2H3;2-5,7-9H,1H3;/q-1;-2;+3. The third-order valence-corrected chi connectivity index (χ3v) is 9.19. The molecular formula is C43H35IrN4. The van der Waals surface area contributed by atoms with Crippen molar-refractivity contribution in [2.45, 2.75) is 26.7 Å². The van der Waals surface area contributed by atoms with Crippen LogP contribution in [0, 0.1) is 18.8 Å². The van der Waals surface area contributed by atoms with Crippen LogP contribution in [0.15, 0.2) is 128 Å². The van der Waals surface area contributed by atoms with E-state index < -0.39 is 0 Å². The van der Waals surface area contributed by atoms with E-state index in [9.17, 15) is 0 Å². The molecule has 0 unspecified atom stereocenters. The first kappa shape index (κ1) is 31.6. The largest absolute Gasteiger partial charge is 3.00 e. The van der Waals surface area contributed by atoms with Gasteiger partial charge in [-0.3, -0.25) is 4.98 Å². The van der Waals surface area contributed by atoms with Crippen molar-refractivity contribution in [1.82, 2.24) is 14.3 Å². The molecule has 0 radical (unpaired) electrons. The summed E-state index contributed by atoms with van der Waals surface area (Å²) < 4.78 is 2.37. The number of hydrogen-bond acceptors (Lipinski definition) is 3. The molecule has 0 bridgehead atoms. The Labute approximate surface area is 295 Å². The van der Waals surface area contributed by atoms with E-state index in [2.05, 4.69) is 115 Å². The van der Waals surface area contributed by atoms with Gasteiger partial charge in [0.1, 0.15) is 0 Å². The van der Waals surface area contributed by atoms with Gasteiger partial charge in [-0.1, -0.05) is 67.8 Å². The summed E-state index contributed by atoms with van der Waals surface area (Å²) in [5.41, 5.74) is 8.44. The van der Waals surface area contributed by atoms with Crippen molar-refractivity contribution in [2.75, 3.05) is 11.9 Å². The summed E-state index contributed by atoms with van der Waals surface area (Å²) in [7, 11) is 2.00. The topological polar surface area (TPSA) is 23.8 Å². The first-order valence-electron chi connectivity index (χ1n) is 16.3. The van der Waals surface area contributed by atoms with Gasteiger partial charge in [-0.05, 0) is 88.5 Å². The van der Waals surface area contributed by atoms with Crippen LogP contribution in [0.5, 0.6) is 0 Å². The van der Waals surface area contributed by atoms with Crippen LogP contribution in [0.4, 0.5) is 5.69 Å². The number of rotatable bonds is 4. The number of aryl methyl sites for hydroxylation is 2. The number of anilines is 1. The molecule has 9 rings (SSSR count). The Kier molecular flexibility index (Phi) is 8.75. The number of imidazole rings is 1. The van der Waals surface area contributed by atoms with E-state index >= 15 is 0 Å². The molecule has 2 aromatic heterocycles. The molecule has 236 valence electrons. The predicted octanol–water partition coefficient (Wildman–Crippen LogP) is 10.4. The molecular weight excluding hydrogens is 765 g/mol. The first-order chi connectivity index (χ1) is 23.1. The summed E-state index contributed by atoms with van der Waals surface area (Å²) in [6.45, 7) is 6.48. The van der Waals surface area contributed by atoms with E-state index in [0.717, 1.165) is 29.6 Å². The van der Waals surface area contributed by atoms with Gasteiger partial charge in [-0.2, -0.15) is 37.0 Å². The van der Waals surface area contributed by atoms with E-state index in [1.54, 1.807) is 0 Å². The van der Waals surface area contributed by atoms with Gasteiger partial charge < -0.3 is 14.2 Å². The van der Waals surface area contributed by atoms with Crippen molar-refractivity contribution in [2.24, 2.45) is 0 Å². The molecule has 0 aliphatic carbocycles. The summed E-state index contributed by atoms with van der Waals surface area (Å²) in [6.07, 6.45) is 8.05. The van der Waals surface area contributed by atoms with Gasteiger partial charge in [0.2, 0.25) is 0 Å². The van der Waals surface area contributed by atoms with Crippen LogP contribution in [0.1, 0.15) is 25.0 Å². The second-order valence-corrected chi connectivity index (χ2v) is 12.1. The van der Waals surface area contributed by atoms with Crippen LogP contribution < -0.4 is 4.90 Å². The molecule has 0 fully saturated rings. The van der Waals surface area contributed by atoms with Crippen LogP contribution in [-0.4, -0.2) is 21.3 Å². The molecule has 3 heterocycles. The number of hydrogen-bond donors (Lipinski definition) is 0. The Morgan fingerprint density at radius 3 is 2.06 bits per heavy atom. The summed E-state index contributed by atoms with van der Waals surface area (Å²) in [5, 5.41) is 8.53. The van der Waals surface area contributed by atoms with Crippen LogP contribution in [0.3, 0.4) is 0 Å². The van der Waals surface area contributed by atoms with Gasteiger partial charge in [0.15, 0.2) is 0 Å². The van der Waals surface area contributed by atoms with Gasteiger partial charge >= 0.3 is 20.1 Å². The summed E-state index contributed by atoms with van der Waals surface area (Å²) in [6, 6.07) is 45.4. The molecule has 6 aromatic carbocycles. The molecule has 1 aliphatic rings. The van der Waals surface area contributed by atoms with Gasteiger partial charge in [-0.15, -0.1) is 35.3 Å². The smallest absolute Gasteiger partial charge is 0.510 e. The Hall–Kier alpha value is -4.96. The minimum atomic E-state index is 0. The Morgan fingerprint density at radius 2 is 1.40 bits per heavy atom. The zero-order chi connectivity index (χ0) is 31.9. The molecule has 0 spiro atoms. The molecule has 0 atom stereocenters. The predicted molar refractivity (Wildman–Crippen MR) is 197 cm³/mol. The van der Waals surface area contributed by atoms with E-state index in [4.69, 9.17) is 4.98 Å². The quantitative estimate of drug-likeness (QED) is 0.101. The maximum atomic E-state index is 4.99. The van der Waals surface area contributed by atoms with Gasteiger partial charge in [0, 0.05) is 17.3 Å². The minimum absolute atomic E-state index is 0. The molecule has 0 saturated carbocycles. The Bertz CT molecular complexity index is 2420. The fourth-order valence-electron chi connectivity index (χ4n) is 6.88. The van der Waals surface area contributed by atoms with Crippen LogP contribution in [0.2, 0.25) is 0 Å². The fourth-order valence-corrected chi connectivity index (χ4v) is 6.88. The second-order valence-electron chi connectivity index (χ2n) is 12.1. The maximum absolute atomic E-state index is 4.99. The fraction of sp³-hybridized carbons (Fsp3) is 0.116. The molecule has 1 aliphatic heterocycles. The summed E-state index contributed by atoms with van der Waals surface area (Å²) in [5.74, 6) is 0. The number of benzene rings is 6. The molecule has 4 nitrogen and oxygen atoms in total. The van der Waals surface area contributed by atoms with Crippen molar-refractivity contribution in [1.29, 1.82) is 0 Å². The Balaban J connectivity index is 0.000000237. The molecule has 0 N–H and O–H groups in total. The van der Waals surface area contributed by atoms with Gasteiger partial charge in [0.25, 0.3) is 0 Å². The van der Waals surface area contributed by atoms with E-state index in [1.165, 1.54) is 60.2 Å². The Morgan fingerprint density at radius 1 is 0.688 bits per heavy atom. The molecule has 48 heavy (non-hydrogen) atoms. The number of nitrogens with zero attached hydrogens (tertiary/aromatic N) is 4. The summed E-state index contributed by atoms with van der Waals surface area (Å²) >= 11 is 0. The van der Waals surface area contributed by atoms with Crippen molar-refractivity contribution in [3.63, 3.8) is 0 Å². The average molecular weight is 800 g/mol. The van der Waals surface area contributed by atoms with Crippen molar-refractivity contribution < 1.29 is 20.1 Å². The monoisotopic (exact) mass is 800 g/mol. The van der Waals surface area contributed by atoms with Crippen LogP contribution in [-0.2, 0) is 32.9 Å². The van der Waals surface area contributed by atoms with E-state index in [0.29, 0.717) is 0 Å².